The van der Waals surface area contributed by atoms with Crippen LogP contribution in [0.4, 0.5) is 17.1 Å². The predicted molar refractivity (Wildman–Crippen MR) is 261 cm³/mol. The second kappa shape index (κ2) is 15.7. The van der Waals surface area contributed by atoms with Crippen LogP contribution in [0.25, 0.3) is 55.3 Å². The highest BCUT2D eigenvalue weighted by Gasteiger charge is 2.36. The quantitative estimate of drug-likeness (QED) is 0.166. The number of furan rings is 1. The molecule has 62 heavy (non-hydrogen) atoms. The summed E-state index contributed by atoms with van der Waals surface area (Å²) in [5, 5.41) is 2.30. The van der Waals surface area contributed by atoms with Gasteiger partial charge in [-0.15, -0.1) is 0 Å². The Morgan fingerprint density at radius 1 is 0.468 bits per heavy atom. The number of benzene rings is 8. The molecule has 8 aromatic carbocycles. The van der Waals surface area contributed by atoms with Gasteiger partial charge < -0.3 is 9.32 Å². The van der Waals surface area contributed by atoms with Gasteiger partial charge in [0.2, 0.25) is 0 Å². The molecular weight excluding hydrogens is 751 g/mol. The molecule has 1 fully saturated rings. The Labute approximate surface area is 366 Å². The molecule has 9 aromatic rings. The number of anilines is 3. The molecule has 1 aromatic heterocycles. The fourth-order valence-electron chi connectivity index (χ4n) is 11.3. The molecule has 2 unspecified atom stereocenters. The van der Waals surface area contributed by atoms with E-state index < -0.39 is 0 Å². The summed E-state index contributed by atoms with van der Waals surface area (Å²) in [5.74, 6) is 1.81. The van der Waals surface area contributed by atoms with Gasteiger partial charge in [-0.25, -0.2) is 0 Å². The predicted octanol–water partition coefficient (Wildman–Crippen LogP) is 17.2. The van der Waals surface area contributed by atoms with Gasteiger partial charge in [-0.1, -0.05) is 167 Å². The zero-order chi connectivity index (χ0) is 41.8. The Morgan fingerprint density at radius 3 is 1.81 bits per heavy atom. The van der Waals surface area contributed by atoms with Crippen molar-refractivity contribution in [1.82, 2.24) is 0 Å². The Morgan fingerprint density at radius 2 is 1.03 bits per heavy atom. The van der Waals surface area contributed by atoms with Crippen molar-refractivity contribution in [2.45, 2.75) is 70.1 Å². The second-order valence-corrected chi connectivity index (χ2v) is 18.5. The van der Waals surface area contributed by atoms with Crippen molar-refractivity contribution in [2.75, 3.05) is 4.90 Å². The highest BCUT2D eigenvalue weighted by Crippen LogP contribution is 2.50. The molecule has 2 bridgehead atoms. The number of para-hydroxylation sites is 1. The lowest BCUT2D eigenvalue weighted by Gasteiger charge is -2.40. The van der Waals surface area contributed by atoms with E-state index in [0.717, 1.165) is 33.3 Å². The average molecular weight is 804 g/mol. The van der Waals surface area contributed by atoms with E-state index in [2.05, 4.69) is 208 Å². The van der Waals surface area contributed by atoms with E-state index >= 15 is 0 Å². The van der Waals surface area contributed by atoms with Gasteiger partial charge in [-0.05, 0) is 148 Å². The van der Waals surface area contributed by atoms with Crippen LogP contribution in [0.15, 0.2) is 192 Å². The van der Waals surface area contributed by atoms with Crippen LogP contribution in [0.2, 0.25) is 0 Å². The van der Waals surface area contributed by atoms with Crippen LogP contribution < -0.4 is 4.90 Å². The maximum Gasteiger partial charge on any atom is 0.136 e. The van der Waals surface area contributed by atoms with Crippen LogP contribution in [-0.4, -0.2) is 0 Å². The maximum absolute atomic E-state index is 6.33. The summed E-state index contributed by atoms with van der Waals surface area (Å²) in [4.78, 5) is 2.48. The molecule has 2 heteroatoms. The van der Waals surface area contributed by atoms with Crippen LogP contribution in [0, 0.1) is 5.92 Å². The molecule has 304 valence electrons. The minimum absolute atomic E-state index is 0.122. The van der Waals surface area contributed by atoms with Crippen molar-refractivity contribution in [1.29, 1.82) is 0 Å². The molecule has 1 heterocycles. The van der Waals surface area contributed by atoms with Crippen LogP contribution >= 0.6 is 0 Å². The molecule has 0 aliphatic heterocycles. The molecule has 0 N–H and O–H groups in total. The first-order valence-corrected chi connectivity index (χ1v) is 22.7. The fraction of sp³-hybridized carbons (Fsp3) is 0.200. The number of nitrogens with zero attached hydrogens (tertiary/aromatic N) is 1. The van der Waals surface area contributed by atoms with Gasteiger partial charge in [0.25, 0.3) is 0 Å². The van der Waals surface area contributed by atoms with E-state index in [0.29, 0.717) is 17.8 Å². The first-order chi connectivity index (χ1) is 30.4. The van der Waals surface area contributed by atoms with Crippen LogP contribution in [0.5, 0.6) is 0 Å². The standard InChI is InChI=1S/C60H53NO/c1-40-37-44-17-13-18-45(38-40)54-39-48(35-36-56(54)60(2,3)55-24-11-9-20-50(44)55)61(46-31-27-42(28-32-46)41-15-5-4-6-16-41)47-33-29-43(30-34-47)49-19-7-8-21-51(49)52-23-14-26-58-59(52)53-22-10-12-25-57(53)62-58/h4-12,14-16,19-36,39-40,44-45H,13,17-18,37-38H2,1-3H3/t40-,44?,45?/m0/s1. The van der Waals surface area contributed by atoms with E-state index in [1.165, 1.54) is 87.9 Å². The lowest BCUT2D eigenvalue weighted by molar-refractivity contribution is 0.332. The summed E-state index contributed by atoms with van der Waals surface area (Å²) in [6.07, 6.45) is 6.26. The van der Waals surface area contributed by atoms with Gasteiger partial charge in [-0.3, -0.25) is 0 Å². The molecular formula is C60H53NO. The summed E-state index contributed by atoms with van der Waals surface area (Å²) in [5.41, 5.74) is 18.5. The number of fused-ring (bicyclic) bond motifs is 7. The largest absolute Gasteiger partial charge is 0.456 e. The third kappa shape index (κ3) is 6.74. The van der Waals surface area contributed by atoms with Gasteiger partial charge in [0.1, 0.15) is 11.2 Å². The normalized spacial score (nSPS) is 18.2. The fourth-order valence-corrected chi connectivity index (χ4v) is 11.3. The minimum Gasteiger partial charge on any atom is -0.456 e. The SMILES string of the molecule is C[C@H]1CC2CCCC(C1)c1cc(N(c3ccc(-c4ccccc4)cc3)c3ccc(-c4ccccc4-c4cccc5oc6ccccc6c45)cc3)ccc1C(C)(C)c1ccccc12. The average Bonchev–Trinajstić information content (AvgIpc) is 3.70. The summed E-state index contributed by atoms with van der Waals surface area (Å²) in [7, 11) is 0. The van der Waals surface area contributed by atoms with Gasteiger partial charge in [0.05, 0.1) is 0 Å². The summed E-state index contributed by atoms with van der Waals surface area (Å²) in [6.45, 7) is 7.44. The summed E-state index contributed by atoms with van der Waals surface area (Å²) in [6, 6.07) is 69.5. The first-order valence-electron chi connectivity index (χ1n) is 22.7. The molecule has 0 saturated heterocycles. The molecule has 0 spiro atoms. The molecule has 0 amide bonds. The molecule has 1 saturated carbocycles. The molecule has 2 nitrogen and oxygen atoms in total. The highest BCUT2D eigenvalue weighted by atomic mass is 16.3. The minimum atomic E-state index is -0.122. The lowest BCUT2D eigenvalue weighted by Crippen LogP contribution is -2.28. The van der Waals surface area contributed by atoms with Crippen molar-refractivity contribution >= 4 is 39.0 Å². The Hall–Kier alpha value is -6.64. The molecule has 3 aliphatic carbocycles. The summed E-state index contributed by atoms with van der Waals surface area (Å²) < 4.78 is 6.33. The van der Waals surface area contributed by atoms with Crippen LogP contribution in [0.3, 0.4) is 0 Å². The molecule has 12 rings (SSSR count). The molecule has 0 radical (unpaired) electrons. The number of hydrogen-bond acceptors (Lipinski definition) is 2. The van der Waals surface area contributed by atoms with Crippen LogP contribution in [0.1, 0.15) is 87.0 Å². The highest BCUT2D eigenvalue weighted by molar-refractivity contribution is 6.13. The number of rotatable bonds is 6. The summed E-state index contributed by atoms with van der Waals surface area (Å²) >= 11 is 0. The molecule has 3 atom stereocenters. The smallest absolute Gasteiger partial charge is 0.136 e. The van der Waals surface area contributed by atoms with E-state index in [1.807, 2.05) is 6.07 Å². The van der Waals surface area contributed by atoms with Crippen molar-refractivity contribution in [3.63, 3.8) is 0 Å². The van der Waals surface area contributed by atoms with Gasteiger partial charge in [0.15, 0.2) is 0 Å². The van der Waals surface area contributed by atoms with Gasteiger partial charge in [0, 0.05) is 33.2 Å². The van der Waals surface area contributed by atoms with Crippen molar-refractivity contribution in [3.05, 3.63) is 210 Å². The van der Waals surface area contributed by atoms with Gasteiger partial charge >= 0.3 is 0 Å². The monoisotopic (exact) mass is 803 g/mol. The lowest BCUT2D eigenvalue weighted by atomic mass is 9.65. The van der Waals surface area contributed by atoms with E-state index in [-0.39, 0.29) is 5.41 Å². The second-order valence-electron chi connectivity index (χ2n) is 18.5. The topological polar surface area (TPSA) is 16.4 Å². The number of hydrogen-bond donors (Lipinski definition) is 0. The third-order valence-electron chi connectivity index (χ3n) is 14.2. The van der Waals surface area contributed by atoms with Crippen molar-refractivity contribution in [2.24, 2.45) is 5.92 Å². The van der Waals surface area contributed by atoms with Crippen molar-refractivity contribution < 1.29 is 4.42 Å². The van der Waals surface area contributed by atoms with Gasteiger partial charge in [-0.2, -0.15) is 0 Å². The van der Waals surface area contributed by atoms with Crippen molar-refractivity contribution in [3.8, 4) is 33.4 Å². The Balaban J connectivity index is 1.05. The Kier molecular flexibility index (Phi) is 9.68. The first kappa shape index (κ1) is 38.3. The Bertz CT molecular complexity index is 3040. The van der Waals surface area contributed by atoms with E-state index in [1.54, 1.807) is 5.56 Å². The zero-order valence-corrected chi connectivity index (χ0v) is 36.0. The zero-order valence-electron chi connectivity index (χ0n) is 36.0. The van der Waals surface area contributed by atoms with Crippen LogP contribution in [-0.2, 0) is 5.41 Å². The maximum atomic E-state index is 6.33. The van der Waals surface area contributed by atoms with E-state index in [4.69, 9.17) is 4.42 Å². The molecule has 3 aliphatic rings. The van der Waals surface area contributed by atoms with E-state index in [9.17, 15) is 0 Å². The third-order valence-corrected chi connectivity index (χ3v) is 14.2.